The maximum absolute atomic E-state index is 8.97. The lowest BCUT2D eigenvalue weighted by Crippen LogP contribution is -2.32. The summed E-state index contributed by atoms with van der Waals surface area (Å²) in [6.45, 7) is 1.88. The number of hydrogen-bond donors (Lipinski definition) is 2. The van der Waals surface area contributed by atoms with Crippen molar-refractivity contribution in [1.29, 1.82) is 0 Å². The van der Waals surface area contributed by atoms with Crippen molar-refractivity contribution in [1.82, 2.24) is 4.90 Å². The van der Waals surface area contributed by atoms with Crippen LogP contribution in [0.5, 0.6) is 11.5 Å². The van der Waals surface area contributed by atoms with Gasteiger partial charge in [-0.1, -0.05) is 6.07 Å². The molecule has 0 spiro atoms. The van der Waals surface area contributed by atoms with Gasteiger partial charge in [0.25, 0.3) is 0 Å². The van der Waals surface area contributed by atoms with E-state index in [1.807, 2.05) is 23.1 Å². The van der Waals surface area contributed by atoms with Crippen molar-refractivity contribution < 1.29 is 19.7 Å². The van der Waals surface area contributed by atoms with Crippen molar-refractivity contribution in [3.8, 4) is 11.5 Å². The predicted molar refractivity (Wildman–Crippen MR) is 71.8 cm³/mol. The summed E-state index contributed by atoms with van der Waals surface area (Å²) in [6, 6.07) is 5.62. The third-order valence-corrected chi connectivity index (χ3v) is 3.40. The fraction of sp³-hybridized carbons (Fsp3) is 0.538. The molecule has 0 aromatic heterocycles. The van der Waals surface area contributed by atoms with Gasteiger partial charge in [-0.25, -0.2) is 0 Å². The van der Waals surface area contributed by atoms with Gasteiger partial charge in [-0.2, -0.15) is 0 Å². The fourth-order valence-corrected chi connectivity index (χ4v) is 2.35. The number of halogens is 1. The molecule has 0 aliphatic carbocycles. The largest absolute Gasteiger partial charge is 0.454 e. The van der Waals surface area contributed by atoms with Crippen molar-refractivity contribution in [2.24, 2.45) is 0 Å². The maximum Gasteiger partial charge on any atom is 0.231 e. The summed E-state index contributed by atoms with van der Waals surface area (Å²) in [5.74, 6) is 1.44. The summed E-state index contributed by atoms with van der Waals surface area (Å²) in [5.41, 5.74) is 0.937. The molecular weight excluding hydrogens is 270 g/mol. The first kappa shape index (κ1) is 14.4. The summed E-state index contributed by atoms with van der Waals surface area (Å²) in [5, 5.41) is 17.7. The van der Waals surface area contributed by atoms with Crippen LogP contribution in [0.3, 0.4) is 0 Å². The first-order valence-corrected chi connectivity index (χ1v) is 6.66. The minimum atomic E-state index is -0.229. The molecule has 1 atom stereocenters. The van der Waals surface area contributed by atoms with E-state index in [4.69, 9.17) is 31.3 Å². The normalized spacial score (nSPS) is 14.9. The molecule has 1 aromatic carbocycles. The molecule has 0 saturated heterocycles. The van der Waals surface area contributed by atoms with Gasteiger partial charge in [0.15, 0.2) is 11.5 Å². The zero-order valence-electron chi connectivity index (χ0n) is 10.6. The van der Waals surface area contributed by atoms with Crippen molar-refractivity contribution >= 4 is 11.6 Å². The lowest BCUT2D eigenvalue weighted by Gasteiger charge is -2.23. The van der Waals surface area contributed by atoms with Gasteiger partial charge in [0.1, 0.15) is 0 Å². The van der Waals surface area contributed by atoms with Crippen LogP contribution < -0.4 is 9.47 Å². The Kier molecular flexibility index (Phi) is 5.27. The van der Waals surface area contributed by atoms with E-state index in [9.17, 15) is 0 Å². The van der Waals surface area contributed by atoms with Gasteiger partial charge < -0.3 is 19.7 Å². The number of benzene rings is 1. The van der Waals surface area contributed by atoms with Crippen LogP contribution in [-0.4, -0.2) is 54.8 Å². The molecule has 19 heavy (non-hydrogen) atoms. The van der Waals surface area contributed by atoms with Gasteiger partial charge in [0.05, 0.1) is 18.6 Å². The van der Waals surface area contributed by atoms with Crippen molar-refractivity contribution in [2.75, 3.05) is 39.6 Å². The molecule has 5 nitrogen and oxygen atoms in total. The molecule has 1 aliphatic rings. The van der Waals surface area contributed by atoms with Crippen molar-refractivity contribution in [3.63, 3.8) is 0 Å². The van der Waals surface area contributed by atoms with Crippen LogP contribution >= 0.6 is 11.6 Å². The fourth-order valence-electron chi connectivity index (χ4n) is 2.02. The molecule has 1 aliphatic heterocycles. The smallest absolute Gasteiger partial charge is 0.231 e. The Hall–Kier alpha value is -1.01. The Morgan fingerprint density at radius 3 is 2.53 bits per heavy atom. The molecule has 0 saturated carbocycles. The van der Waals surface area contributed by atoms with Gasteiger partial charge in [-0.15, -0.1) is 11.6 Å². The van der Waals surface area contributed by atoms with Crippen LogP contribution in [0.4, 0.5) is 0 Å². The Balaban J connectivity index is 2.00. The lowest BCUT2D eigenvalue weighted by molar-refractivity contribution is 0.161. The maximum atomic E-state index is 8.97. The van der Waals surface area contributed by atoms with Crippen LogP contribution in [0.2, 0.25) is 0 Å². The molecule has 1 heterocycles. The second-order valence-corrected chi connectivity index (χ2v) is 4.85. The van der Waals surface area contributed by atoms with Crippen LogP contribution in [0.15, 0.2) is 18.2 Å². The molecule has 6 heteroatoms. The Morgan fingerprint density at radius 2 is 1.84 bits per heavy atom. The van der Waals surface area contributed by atoms with E-state index in [2.05, 4.69) is 0 Å². The molecular formula is C13H18ClNO4. The first-order valence-electron chi connectivity index (χ1n) is 6.22. The average molecular weight is 288 g/mol. The average Bonchev–Trinajstić information content (AvgIpc) is 2.86. The van der Waals surface area contributed by atoms with E-state index >= 15 is 0 Å². The van der Waals surface area contributed by atoms with Crippen LogP contribution in [0, 0.1) is 0 Å². The summed E-state index contributed by atoms with van der Waals surface area (Å²) < 4.78 is 10.6. The summed E-state index contributed by atoms with van der Waals surface area (Å²) in [6.07, 6.45) is 0. The van der Waals surface area contributed by atoms with Crippen LogP contribution in [0.1, 0.15) is 10.9 Å². The monoisotopic (exact) mass is 287 g/mol. The van der Waals surface area contributed by atoms with E-state index in [1.54, 1.807) is 0 Å². The van der Waals surface area contributed by atoms with E-state index in [0.29, 0.717) is 25.4 Å². The predicted octanol–water partition coefficient (Wildman–Crippen LogP) is 0.982. The molecule has 106 valence electrons. The van der Waals surface area contributed by atoms with E-state index in [0.717, 1.165) is 11.3 Å². The third-order valence-electron chi connectivity index (χ3n) is 3.01. The molecule has 0 fully saturated rings. The molecule has 1 unspecified atom stereocenters. The number of fused-ring (bicyclic) bond motifs is 1. The number of alkyl halides is 1. The van der Waals surface area contributed by atoms with E-state index in [1.165, 1.54) is 0 Å². The number of ether oxygens (including phenoxy) is 2. The summed E-state index contributed by atoms with van der Waals surface area (Å²) >= 11 is 6.37. The Bertz CT molecular complexity index is 410. The Labute approximate surface area is 117 Å². The van der Waals surface area contributed by atoms with Gasteiger partial charge in [0, 0.05) is 19.6 Å². The van der Waals surface area contributed by atoms with E-state index in [-0.39, 0.29) is 25.4 Å². The highest BCUT2D eigenvalue weighted by molar-refractivity contribution is 6.21. The number of aliphatic hydroxyl groups is 2. The van der Waals surface area contributed by atoms with Gasteiger partial charge in [-0.05, 0) is 17.7 Å². The number of nitrogens with zero attached hydrogens (tertiary/aromatic N) is 1. The van der Waals surface area contributed by atoms with Crippen LogP contribution in [0.25, 0.3) is 0 Å². The highest BCUT2D eigenvalue weighted by atomic mass is 35.5. The SMILES string of the molecule is OCCN(CCO)CC(Cl)c1ccc2c(c1)OCO2. The molecule has 0 bridgehead atoms. The molecule has 2 N–H and O–H groups in total. The molecule has 0 radical (unpaired) electrons. The van der Waals surface area contributed by atoms with Gasteiger partial charge in [0.2, 0.25) is 6.79 Å². The van der Waals surface area contributed by atoms with Crippen LogP contribution in [-0.2, 0) is 0 Å². The molecule has 2 rings (SSSR count). The van der Waals surface area contributed by atoms with Gasteiger partial charge in [-0.3, -0.25) is 4.90 Å². The zero-order valence-corrected chi connectivity index (χ0v) is 11.3. The lowest BCUT2D eigenvalue weighted by atomic mass is 10.1. The summed E-state index contributed by atoms with van der Waals surface area (Å²) in [4.78, 5) is 1.92. The zero-order chi connectivity index (χ0) is 13.7. The standard InChI is InChI=1S/C13H18ClNO4/c14-11(8-15(3-5-16)4-6-17)10-1-2-12-13(7-10)19-9-18-12/h1-2,7,11,16-17H,3-6,8-9H2. The first-order chi connectivity index (χ1) is 9.24. The van der Waals surface area contributed by atoms with Gasteiger partial charge >= 0.3 is 0 Å². The Morgan fingerprint density at radius 1 is 1.16 bits per heavy atom. The second-order valence-electron chi connectivity index (χ2n) is 4.33. The number of aliphatic hydroxyl groups excluding tert-OH is 2. The number of rotatable bonds is 7. The second kappa shape index (κ2) is 6.96. The van der Waals surface area contributed by atoms with Crippen molar-refractivity contribution in [2.45, 2.75) is 5.38 Å². The number of hydrogen-bond acceptors (Lipinski definition) is 5. The molecule has 1 aromatic rings. The molecule has 0 amide bonds. The summed E-state index contributed by atoms with van der Waals surface area (Å²) in [7, 11) is 0. The highest BCUT2D eigenvalue weighted by Crippen LogP contribution is 2.35. The third kappa shape index (κ3) is 3.73. The quantitative estimate of drug-likeness (QED) is 0.732. The van der Waals surface area contributed by atoms with Crippen molar-refractivity contribution in [3.05, 3.63) is 23.8 Å². The minimum absolute atomic E-state index is 0.0464. The highest BCUT2D eigenvalue weighted by Gasteiger charge is 2.18. The topological polar surface area (TPSA) is 62.2 Å². The van der Waals surface area contributed by atoms with E-state index < -0.39 is 0 Å². The minimum Gasteiger partial charge on any atom is -0.454 e.